The van der Waals surface area contributed by atoms with E-state index in [1.807, 2.05) is 0 Å². The maximum atomic E-state index is 14.5. The number of carbonyl (C=O) groups excluding carboxylic acids is 1. The predicted octanol–water partition coefficient (Wildman–Crippen LogP) is 5.98. The van der Waals surface area contributed by atoms with Crippen LogP contribution >= 0.6 is 11.6 Å². The van der Waals surface area contributed by atoms with Gasteiger partial charge in [0.1, 0.15) is 5.56 Å². The van der Waals surface area contributed by atoms with Gasteiger partial charge in [-0.25, -0.2) is 13.4 Å². The standard InChI is InChI=1S/C21H17ClF4N4O3S/c1-10-7-12(22)8-15(17(10)23)33-20-16(11(2)18(29-30-20)21(24,25)26)19(31)28-13-5-4-6-14(9-13)34(3,27)32/h4-9,27H,1-3H3,(H,28,31). The monoisotopic (exact) mass is 516 g/mol. The molecule has 0 saturated heterocycles. The summed E-state index contributed by atoms with van der Waals surface area (Å²) in [6.45, 7) is 2.40. The number of nitrogens with zero attached hydrogens (tertiary/aromatic N) is 2. The highest BCUT2D eigenvalue weighted by molar-refractivity contribution is 7.91. The maximum absolute atomic E-state index is 14.5. The van der Waals surface area contributed by atoms with Gasteiger partial charge in [-0.3, -0.25) is 4.79 Å². The van der Waals surface area contributed by atoms with Crippen LogP contribution in [0.2, 0.25) is 5.02 Å². The molecule has 1 heterocycles. The number of amides is 1. The second-order valence-corrected chi connectivity index (χ2v) is 9.91. The van der Waals surface area contributed by atoms with E-state index < -0.39 is 56.1 Å². The minimum atomic E-state index is -4.93. The van der Waals surface area contributed by atoms with Gasteiger partial charge in [0.2, 0.25) is 0 Å². The van der Waals surface area contributed by atoms with Crippen molar-refractivity contribution in [3.8, 4) is 11.6 Å². The summed E-state index contributed by atoms with van der Waals surface area (Å²) in [7, 11) is -3.12. The Balaban J connectivity index is 2.11. The largest absolute Gasteiger partial charge is 0.435 e. The zero-order chi connectivity index (χ0) is 25.4. The number of benzene rings is 2. The SMILES string of the molecule is Cc1cc(Cl)cc(Oc2nnc(C(F)(F)F)c(C)c2C(=O)Nc2cccc(S(C)(=N)=O)c2)c1F. The molecule has 0 aliphatic carbocycles. The third-order valence-electron chi connectivity index (χ3n) is 4.61. The van der Waals surface area contributed by atoms with Gasteiger partial charge < -0.3 is 10.1 Å². The molecular formula is C21H17ClF4N4O3S. The van der Waals surface area contributed by atoms with Crippen LogP contribution in [0.4, 0.5) is 23.2 Å². The molecule has 3 aromatic rings. The minimum Gasteiger partial charge on any atom is -0.434 e. The van der Waals surface area contributed by atoms with Gasteiger partial charge in [-0.15, -0.1) is 10.2 Å². The number of aryl methyl sites for hydroxylation is 1. The van der Waals surface area contributed by atoms with E-state index in [4.69, 9.17) is 21.1 Å². The Morgan fingerprint density at radius 1 is 1.18 bits per heavy atom. The van der Waals surface area contributed by atoms with Crippen molar-refractivity contribution < 1.29 is 31.3 Å². The molecule has 0 radical (unpaired) electrons. The topological polar surface area (TPSA) is 105 Å². The van der Waals surface area contributed by atoms with Crippen LogP contribution in [-0.2, 0) is 15.9 Å². The molecule has 3 rings (SSSR count). The lowest BCUT2D eigenvalue weighted by Crippen LogP contribution is -2.21. The first-order chi connectivity index (χ1) is 15.7. The fraction of sp³-hybridized carbons (Fsp3) is 0.190. The summed E-state index contributed by atoms with van der Waals surface area (Å²) in [6, 6.07) is 7.86. The van der Waals surface area contributed by atoms with Crippen molar-refractivity contribution in [2.45, 2.75) is 24.9 Å². The molecule has 180 valence electrons. The summed E-state index contributed by atoms with van der Waals surface area (Å²) in [5.74, 6) is -3.07. The molecule has 2 aromatic carbocycles. The second kappa shape index (κ2) is 9.18. The minimum absolute atomic E-state index is 0.0600. The van der Waals surface area contributed by atoms with Crippen molar-refractivity contribution in [2.24, 2.45) is 0 Å². The lowest BCUT2D eigenvalue weighted by Gasteiger charge is -2.16. The molecule has 1 atom stereocenters. The van der Waals surface area contributed by atoms with Gasteiger partial charge in [0.25, 0.3) is 11.8 Å². The van der Waals surface area contributed by atoms with Crippen LogP contribution in [0.3, 0.4) is 0 Å². The van der Waals surface area contributed by atoms with E-state index in [1.54, 1.807) is 0 Å². The number of halogens is 5. The van der Waals surface area contributed by atoms with Gasteiger partial charge in [0.05, 0.1) is 9.73 Å². The highest BCUT2D eigenvalue weighted by Crippen LogP contribution is 2.36. The van der Waals surface area contributed by atoms with E-state index in [0.29, 0.717) is 0 Å². The summed E-state index contributed by atoms with van der Waals surface area (Å²) in [4.78, 5) is 13.1. The summed E-state index contributed by atoms with van der Waals surface area (Å²) in [6.07, 6.45) is -3.75. The average Bonchev–Trinajstić information content (AvgIpc) is 2.70. The number of ether oxygens (including phenoxy) is 1. The number of aromatic nitrogens is 2. The highest BCUT2D eigenvalue weighted by Gasteiger charge is 2.38. The van der Waals surface area contributed by atoms with E-state index in [1.165, 1.54) is 43.5 Å². The molecule has 1 amide bonds. The summed E-state index contributed by atoms with van der Waals surface area (Å²) in [5, 5.41) is 8.96. The maximum Gasteiger partial charge on any atom is 0.435 e. The van der Waals surface area contributed by atoms with Crippen molar-refractivity contribution in [3.05, 3.63) is 69.6 Å². The van der Waals surface area contributed by atoms with Gasteiger partial charge in [-0.2, -0.15) is 13.2 Å². The Hall–Kier alpha value is -3.25. The van der Waals surface area contributed by atoms with Crippen molar-refractivity contribution in [3.63, 3.8) is 0 Å². The van der Waals surface area contributed by atoms with E-state index in [0.717, 1.165) is 13.0 Å². The number of anilines is 1. The van der Waals surface area contributed by atoms with Gasteiger partial charge >= 0.3 is 6.18 Å². The van der Waals surface area contributed by atoms with Gasteiger partial charge in [0.15, 0.2) is 17.3 Å². The van der Waals surface area contributed by atoms with Gasteiger partial charge in [0, 0.05) is 27.9 Å². The molecule has 34 heavy (non-hydrogen) atoms. The van der Waals surface area contributed by atoms with Crippen LogP contribution in [0.1, 0.15) is 27.2 Å². The Morgan fingerprint density at radius 2 is 1.85 bits per heavy atom. The number of rotatable bonds is 5. The predicted molar refractivity (Wildman–Crippen MR) is 117 cm³/mol. The van der Waals surface area contributed by atoms with E-state index in [2.05, 4.69) is 15.5 Å². The first-order valence-corrected chi connectivity index (χ1v) is 11.8. The van der Waals surface area contributed by atoms with Crippen LogP contribution in [-0.4, -0.2) is 26.6 Å². The zero-order valence-corrected chi connectivity index (χ0v) is 19.5. The molecule has 0 saturated carbocycles. The van der Waals surface area contributed by atoms with Crippen molar-refractivity contribution in [1.82, 2.24) is 10.2 Å². The Morgan fingerprint density at radius 3 is 2.47 bits per heavy atom. The van der Waals surface area contributed by atoms with E-state index in [-0.39, 0.29) is 21.2 Å². The third kappa shape index (κ3) is 5.45. The molecule has 0 aliphatic heterocycles. The average molecular weight is 517 g/mol. The summed E-state index contributed by atoms with van der Waals surface area (Å²) >= 11 is 5.92. The highest BCUT2D eigenvalue weighted by atomic mass is 35.5. The smallest absolute Gasteiger partial charge is 0.434 e. The molecule has 0 aliphatic rings. The summed E-state index contributed by atoms with van der Waals surface area (Å²) < 4.78 is 79.8. The summed E-state index contributed by atoms with van der Waals surface area (Å²) in [5.41, 5.74) is -2.52. The fourth-order valence-corrected chi connectivity index (χ4v) is 3.94. The number of hydrogen-bond acceptors (Lipinski definition) is 6. The first kappa shape index (κ1) is 25.4. The van der Waals surface area contributed by atoms with Gasteiger partial charge in [-0.05, 0) is 49.2 Å². The molecule has 0 bridgehead atoms. The van der Waals surface area contributed by atoms with Crippen LogP contribution in [0.15, 0.2) is 41.3 Å². The Labute approximate surface area is 197 Å². The second-order valence-electron chi connectivity index (χ2n) is 7.31. The van der Waals surface area contributed by atoms with Crippen LogP contribution in [0.5, 0.6) is 11.6 Å². The molecule has 2 N–H and O–H groups in total. The molecular weight excluding hydrogens is 500 g/mol. The van der Waals surface area contributed by atoms with E-state index in [9.17, 15) is 26.6 Å². The van der Waals surface area contributed by atoms with Crippen LogP contribution < -0.4 is 10.1 Å². The number of carbonyl (C=O) groups is 1. The van der Waals surface area contributed by atoms with E-state index >= 15 is 0 Å². The van der Waals surface area contributed by atoms with Crippen molar-refractivity contribution >= 4 is 32.9 Å². The van der Waals surface area contributed by atoms with Crippen LogP contribution in [0, 0.1) is 24.4 Å². The molecule has 13 heteroatoms. The molecule has 0 spiro atoms. The first-order valence-electron chi connectivity index (χ1n) is 9.41. The number of alkyl halides is 3. The number of hydrogen-bond donors (Lipinski definition) is 2. The lowest BCUT2D eigenvalue weighted by molar-refractivity contribution is -0.142. The van der Waals surface area contributed by atoms with Crippen molar-refractivity contribution in [2.75, 3.05) is 11.6 Å². The molecule has 0 fully saturated rings. The van der Waals surface area contributed by atoms with Gasteiger partial charge in [-0.1, -0.05) is 17.7 Å². The molecule has 1 unspecified atom stereocenters. The molecule has 1 aromatic heterocycles. The molecule has 7 nitrogen and oxygen atoms in total. The zero-order valence-electron chi connectivity index (χ0n) is 17.9. The van der Waals surface area contributed by atoms with Crippen LogP contribution in [0.25, 0.3) is 0 Å². The lowest BCUT2D eigenvalue weighted by atomic mass is 10.1. The van der Waals surface area contributed by atoms with Crippen molar-refractivity contribution in [1.29, 1.82) is 4.78 Å². The fourth-order valence-electron chi connectivity index (χ4n) is 2.99. The third-order valence-corrected chi connectivity index (χ3v) is 5.99. The Bertz CT molecular complexity index is 1400. The Kier molecular flexibility index (Phi) is 6.85. The quantitative estimate of drug-likeness (QED) is 0.406. The normalized spacial score (nSPS) is 13.3. The number of nitrogens with one attached hydrogen (secondary N) is 2.